The molecule has 0 aliphatic carbocycles. The van der Waals surface area contributed by atoms with E-state index in [4.69, 9.17) is 21.1 Å². The number of ether oxygens (including phenoxy) is 2. The third-order valence-corrected chi connectivity index (χ3v) is 15.0. The van der Waals surface area contributed by atoms with E-state index < -0.39 is 35.4 Å². The van der Waals surface area contributed by atoms with Gasteiger partial charge in [-0.2, -0.15) is 5.26 Å². The van der Waals surface area contributed by atoms with Gasteiger partial charge in [-0.05, 0) is 67.5 Å². The number of thiazole rings is 1. The van der Waals surface area contributed by atoms with E-state index in [1.807, 2.05) is 75.4 Å². The van der Waals surface area contributed by atoms with Crippen LogP contribution in [0.4, 0.5) is 5.82 Å². The standard InChI is InChI=1S/C50H61ClN10O7S/c1-30(32-6-8-33(9-7-32)45-31(2)53-29-69-45)54-47(64)42-24-37(62)27-60(42)49(66)46(50(3,4)5)55-44(63)28-67-21-20-58-16-18-59(19-17-58)43-15-14-41(56-57-43)48(65)61-35-11-12-36(61)23-39(22-35)68-38-13-10-34(26-52)40(51)25-38/h6-10,13-15,25,29-30,35-37,39,42,46,62H,11-12,16-24,27-28H2,1-5H3,(H,54,64)(H,55,63)/t30-,35-,36+,37+,39?,42-,46+/m0/s1. The van der Waals surface area contributed by atoms with Gasteiger partial charge in [0.25, 0.3) is 5.91 Å². The molecule has 4 amide bonds. The smallest absolute Gasteiger partial charge is 0.274 e. The average Bonchev–Trinajstić information content (AvgIpc) is 4.03. The predicted octanol–water partition coefficient (Wildman–Crippen LogP) is 5.16. The van der Waals surface area contributed by atoms with Crippen molar-refractivity contribution >= 4 is 52.4 Å². The molecule has 2 aromatic heterocycles. The molecular weight excluding hydrogens is 920 g/mol. The number of nitrogens with one attached hydrogen (secondary N) is 2. The monoisotopic (exact) mass is 980 g/mol. The van der Waals surface area contributed by atoms with Crippen LogP contribution in [-0.2, 0) is 19.1 Å². The number of piperazine rings is 1. The van der Waals surface area contributed by atoms with Crippen molar-refractivity contribution in [2.24, 2.45) is 5.41 Å². The molecule has 4 aromatic rings. The Kier molecular flexibility index (Phi) is 15.5. The zero-order valence-electron chi connectivity index (χ0n) is 39.8. The van der Waals surface area contributed by atoms with Crippen LogP contribution in [0.1, 0.15) is 93.2 Å². The predicted molar refractivity (Wildman–Crippen MR) is 261 cm³/mol. The number of β-amino-alcohol motifs (C(OH)–C–C–N with tert-alkyl or cyclic N) is 1. The molecular formula is C50H61ClN10O7S. The van der Waals surface area contributed by atoms with Crippen LogP contribution in [-0.4, -0.2) is 147 Å². The number of amides is 4. The van der Waals surface area contributed by atoms with E-state index in [1.165, 1.54) is 4.90 Å². The number of aromatic nitrogens is 3. The van der Waals surface area contributed by atoms with Gasteiger partial charge in [-0.15, -0.1) is 21.5 Å². The molecule has 19 heteroatoms. The number of hydrogen-bond acceptors (Lipinski definition) is 14. The van der Waals surface area contributed by atoms with Crippen molar-refractivity contribution in [2.45, 2.75) is 109 Å². The fraction of sp³-hybridized carbons (Fsp3) is 0.520. The third kappa shape index (κ3) is 11.7. The summed E-state index contributed by atoms with van der Waals surface area (Å²) in [5.74, 6) is -0.0505. The van der Waals surface area contributed by atoms with Gasteiger partial charge in [0.1, 0.15) is 36.6 Å². The highest BCUT2D eigenvalue weighted by Gasteiger charge is 2.46. The Bertz CT molecular complexity index is 2510. The number of halogens is 1. The lowest BCUT2D eigenvalue weighted by Gasteiger charge is -2.38. The maximum Gasteiger partial charge on any atom is 0.274 e. The first-order valence-corrected chi connectivity index (χ1v) is 25.0. The van der Waals surface area contributed by atoms with Crippen molar-refractivity contribution in [3.63, 3.8) is 0 Å². The maximum atomic E-state index is 14.1. The van der Waals surface area contributed by atoms with Gasteiger partial charge >= 0.3 is 0 Å². The fourth-order valence-electron chi connectivity index (χ4n) is 9.92. The van der Waals surface area contributed by atoms with E-state index in [1.54, 1.807) is 35.6 Å². The molecule has 0 saturated carbocycles. The van der Waals surface area contributed by atoms with E-state index >= 15 is 0 Å². The van der Waals surface area contributed by atoms with Gasteiger partial charge in [0.2, 0.25) is 17.7 Å². The second kappa shape index (κ2) is 21.5. The van der Waals surface area contributed by atoms with Gasteiger partial charge in [0.15, 0.2) is 11.5 Å². The molecule has 6 heterocycles. The average molecular weight is 982 g/mol. The molecule has 4 fully saturated rings. The Labute approximate surface area is 412 Å². The van der Waals surface area contributed by atoms with Crippen LogP contribution in [0.3, 0.4) is 0 Å². The van der Waals surface area contributed by atoms with Gasteiger partial charge in [0.05, 0.1) is 45.4 Å². The molecule has 4 aliphatic heterocycles. The van der Waals surface area contributed by atoms with Crippen molar-refractivity contribution in [1.29, 1.82) is 5.26 Å². The molecule has 0 radical (unpaired) electrons. The number of aryl methyl sites for hydroxylation is 1. The van der Waals surface area contributed by atoms with Crippen molar-refractivity contribution in [1.82, 2.24) is 40.5 Å². The summed E-state index contributed by atoms with van der Waals surface area (Å²) >= 11 is 7.79. The Morgan fingerprint density at radius 1 is 0.971 bits per heavy atom. The number of anilines is 1. The van der Waals surface area contributed by atoms with E-state index in [0.717, 1.165) is 47.6 Å². The second-order valence-corrected chi connectivity index (χ2v) is 20.9. The number of piperidine rings is 1. The molecule has 4 saturated heterocycles. The zero-order chi connectivity index (χ0) is 49.0. The Balaban J connectivity index is 0.756. The number of benzene rings is 2. The van der Waals surface area contributed by atoms with Crippen LogP contribution in [0.2, 0.25) is 5.02 Å². The van der Waals surface area contributed by atoms with E-state index in [-0.39, 0.29) is 55.6 Å². The number of hydrogen-bond donors (Lipinski definition) is 3. The first kappa shape index (κ1) is 49.7. The van der Waals surface area contributed by atoms with Gasteiger partial charge in [0, 0.05) is 76.7 Å². The number of likely N-dealkylation sites (tertiary alicyclic amines) is 1. The van der Waals surface area contributed by atoms with E-state index in [2.05, 4.69) is 41.7 Å². The molecule has 69 heavy (non-hydrogen) atoms. The lowest BCUT2D eigenvalue weighted by Crippen LogP contribution is -2.58. The number of carbonyl (C=O) groups excluding carboxylic acids is 4. The first-order valence-electron chi connectivity index (χ1n) is 23.7. The molecule has 2 aromatic carbocycles. The zero-order valence-corrected chi connectivity index (χ0v) is 41.3. The van der Waals surface area contributed by atoms with Crippen molar-refractivity contribution < 1.29 is 33.8 Å². The highest BCUT2D eigenvalue weighted by Crippen LogP contribution is 2.39. The van der Waals surface area contributed by atoms with E-state index in [0.29, 0.717) is 66.9 Å². The van der Waals surface area contributed by atoms with Crippen LogP contribution in [0.15, 0.2) is 60.1 Å². The number of nitrogens with zero attached hydrogens (tertiary/aromatic N) is 8. The molecule has 17 nitrogen and oxygen atoms in total. The number of aliphatic hydroxyl groups excluding tert-OH is 1. The number of aliphatic hydroxyl groups is 1. The highest BCUT2D eigenvalue weighted by atomic mass is 35.5. The first-order chi connectivity index (χ1) is 33.1. The molecule has 2 bridgehead atoms. The number of fused-ring (bicyclic) bond motifs is 2. The van der Waals surface area contributed by atoms with Crippen LogP contribution < -0.4 is 20.3 Å². The largest absolute Gasteiger partial charge is 0.490 e. The summed E-state index contributed by atoms with van der Waals surface area (Å²) in [5.41, 5.74) is 4.74. The Hall–Kier alpha value is -5.71. The van der Waals surface area contributed by atoms with Gasteiger partial charge < -0.3 is 39.9 Å². The van der Waals surface area contributed by atoms with Gasteiger partial charge in [-0.3, -0.25) is 24.1 Å². The lowest BCUT2D eigenvalue weighted by molar-refractivity contribution is -0.144. The molecule has 0 spiro atoms. The van der Waals surface area contributed by atoms with Crippen LogP contribution in [0, 0.1) is 23.7 Å². The molecule has 4 aliphatic rings. The summed E-state index contributed by atoms with van der Waals surface area (Å²) in [4.78, 5) is 67.9. The number of carbonyl (C=O) groups is 4. The minimum atomic E-state index is -0.965. The molecule has 8 rings (SSSR count). The summed E-state index contributed by atoms with van der Waals surface area (Å²) in [6.45, 7) is 12.9. The quantitative estimate of drug-likeness (QED) is 0.132. The van der Waals surface area contributed by atoms with Gasteiger partial charge in [-0.25, -0.2) is 4.98 Å². The number of nitriles is 1. The normalized spacial score (nSPS) is 22.5. The Morgan fingerprint density at radius 3 is 2.32 bits per heavy atom. The SMILES string of the molecule is Cc1ncsc1-c1ccc([C@H](C)NC(=O)[C@@H]2C[C@@H](O)CN2C(=O)[C@@H](NC(=O)COCCN2CCN(c3ccc(C(=O)N4[C@@H]5CC[C@H]4CC(Oc4ccc(C#N)c(Cl)c4)C5)nn3)CC2)C(C)(C)C)cc1. The fourth-order valence-corrected chi connectivity index (χ4v) is 10.9. The summed E-state index contributed by atoms with van der Waals surface area (Å²) in [6.07, 6.45) is 2.36. The Morgan fingerprint density at radius 2 is 1.70 bits per heavy atom. The number of rotatable bonds is 15. The summed E-state index contributed by atoms with van der Waals surface area (Å²) in [6, 6.07) is 16.6. The van der Waals surface area contributed by atoms with Crippen LogP contribution in [0.25, 0.3) is 10.4 Å². The summed E-state index contributed by atoms with van der Waals surface area (Å²) < 4.78 is 12.0. The molecule has 3 N–H and O–H groups in total. The maximum absolute atomic E-state index is 14.1. The lowest BCUT2D eigenvalue weighted by atomic mass is 9.85. The van der Waals surface area contributed by atoms with Crippen LogP contribution >= 0.6 is 22.9 Å². The third-order valence-electron chi connectivity index (χ3n) is 13.7. The van der Waals surface area contributed by atoms with Gasteiger partial charge in [-0.1, -0.05) is 56.6 Å². The topological polar surface area (TPSA) is 206 Å². The van der Waals surface area contributed by atoms with Crippen molar-refractivity contribution in [2.75, 3.05) is 57.4 Å². The summed E-state index contributed by atoms with van der Waals surface area (Å²) in [7, 11) is 0. The van der Waals surface area contributed by atoms with Crippen molar-refractivity contribution in [3.05, 3.63) is 87.6 Å². The molecule has 1 unspecified atom stereocenters. The molecule has 7 atom stereocenters. The molecule has 366 valence electrons. The summed E-state index contributed by atoms with van der Waals surface area (Å²) in [5, 5.41) is 34.9. The minimum absolute atomic E-state index is 0.0181. The second-order valence-electron chi connectivity index (χ2n) is 19.6. The van der Waals surface area contributed by atoms with Crippen molar-refractivity contribution in [3.8, 4) is 22.3 Å². The van der Waals surface area contributed by atoms with E-state index in [9.17, 15) is 29.5 Å². The minimum Gasteiger partial charge on any atom is -0.490 e. The van der Waals surface area contributed by atoms with Crippen LogP contribution in [0.5, 0.6) is 5.75 Å². The highest BCUT2D eigenvalue weighted by molar-refractivity contribution is 7.13.